The summed E-state index contributed by atoms with van der Waals surface area (Å²) in [6.45, 7) is 2.68. The number of aliphatic hydroxyl groups is 1. The van der Waals surface area contributed by atoms with Crippen LogP contribution in [0.3, 0.4) is 0 Å². The van der Waals surface area contributed by atoms with E-state index in [1.807, 2.05) is 0 Å². The van der Waals surface area contributed by atoms with Gasteiger partial charge < -0.3 is 14.7 Å². The van der Waals surface area contributed by atoms with E-state index in [4.69, 9.17) is 9.84 Å². The van der Waals surface area contributed by atoms with Gasteiger partial charge in [-0.3, -0.25) is 4.79 Å². The molecule has 0 spiro atoms. The number of carbonyl (C=O) groups is 1. The van der Waals surface area contributed by atoms with Crippen molar-refractivity contribution in [3.05, 3.63) is 34.9 Å². The van der Waals surface area contributed by atoms with Gasteiger partial charge in [0.1, 0.15) is 11.6 Å². The zero-order valence-electron chi connectivity index (χ0n) is 11.9. The zero-order chi connectivity index (χ0) is 15.4. The van der Waals surface area contributed by atoms with Crippen LogP contribution in [-0.4, -0.2) is 48.3 Å². The second kappa shape index (κ2) is 6.95. The van der Waals surface area contributed by atoms with Crippen molar-refractivity contribution in [1.29, 1.82) is 0 Å². The van der Waals surface area contributed by atoms with Crippen molar-refractivity contribution in [3.63, 3.8) is 0 Å². The molecule has 21 heavy (non-hydrogen) atoms. The number of likely N-dealkylation sites (tertiary alicyclic amines) is 1. The first-order valence-corrected chi connectivity index (χ1v) is 7.00. The number of nitrogens with zero attached hydrogens (tertiary/aromatic N) is 1. The summed E-state index contributed by atoms with van der Waals surface area (Å²) >= 11 is 0. The number of piperidine rings is 1. The largest absolute Gasteiger partial charge is 0.394 e. The zero-order valence-corrected chi connectivity index (χ0v) is 11.9. The predicted molar refractivity (Wildman–Crippen MR) is 73.1 cm³/mol. The molecule has 6 heteroatoms. The Bertz CT molecular complexity index is 514. The van der Waals surface area contributed by atoms with E-state index in [9.17, 15) is 13.6 Å². The number of rotatable bonds is 4. The average molecular weight is 299 g/mol. The molecule has 1 fully saturated rings. The minimum Gasteiger partial charge on any atom is -0.394 e. The molecule has 1 aromatic rings. The highest BCUT2D eigenvalue weighted by Crippen LogP contribution is 2.20. The lowest BCUT2D eigenvalue weighted by Crippen LogP contribution is -2.41. The molecule has 0 atom stereocenters. The van der Waals surface area contributed by atoms with Crippen LogP contribution in [0.4, 0.5) is 8.78 Å². The van der Waals surface area contributed by atoms with Crippen LogP contribution in [0.25, 0.3) is 0 Å². The van der Waals surface area contributed by atoms with Crippen LogP contribution in [0, 0.1) is 18.6 Å². The molecular weight excluding hydrogens is 280 g/mol. The first-order chi connectivity index (χ1) is 10.0. The Balaban J connectivity index is 2.00. The van der Waals surface area contributed by atoms with Gasteiger partial charge in [0, 0.05) is 19.2 Å². The maximum atomic E-state index is 13.7. The van der Waals surface area contributed by atoms with Gasteiger partial charge in [0.2, 0.25) is 0 Å². The lowest BCUT2D eigenvalue weighted by molar-refractivity contribution is -0.00562. The van der Waals surface area contributed by atoms with Gasteiger partial charge in [-0.05, 0) is 31.4 Å². The van der Waals surface area contributed by atoms with Crippen LogP contribution >= 0.6 is 0 Å². The van der Waals surface area contributed by atoms with Gasteiger partial charge in [0.25, 0.3) is 5.91 Å². The number of halogens is 2. The lowest BCUT2D eigenvalue weighted by atomic mass is 10.0. The second-order valence-corrected chi connectivity index (χ2v) is 5.17. The van der Waals surface area contributed by atoms with Gasteiger partial charge in [-0.1, -0.05) is 0 Å². The van der Waals surface area contributed by atoms with Crippen LogP contribution < -0.4 is 0 Å². The van der Waals surface area contributed by atoms with Crippen molar-refractivity contribution >= 4 is 5.91 Å². The van der Waals surface area contributed by atoms with Crippen molar-refractivity contribution in [2.75, 3.05) is 26.3 Å². The number of amides is 1. The first-order valence-electron chi connectivity index (χ1n) is 7.00. The molecule has 1 amide bonds. The number of ether oxygens (including phenoxy) is 1. The average Bonchev–Trinajstić information content (AvgIpc) is 2.48. The summed E-state index contributed by atoms with van der Waals surface area (Å²) in [5.74, 6) is -1.90. The normalized spacial score (nSPS) is 16.3. The number of hydrogen-bond acceptors (Lipinski definition) is 3. The van der Waals surface area contributed by atoms with E-state index in [2.05, 4.69) is 0 Å². The Morgan fingerprint density at radius 3 is 2.62 bits per heavy atom. The Morgan fingerprint density at radius 2 is 2.00 bits per heavy atom. The van der Waals surface area contributed by atoms with Crippen molar-refractivity contribution in [3.8, 4) is 0 Å². The molecule has 2 rings (SSSR count). The summed E-state index contributed by atoms with van der Waals surface area (Å²) in [6.07, 6.45) is 1.31. The number of carbonyl (C=O) groups excluding carboxylic acids is 1. The van der Waals surface area contributed by atoms with Crippen molar-refractivity contribution < 1.29 is 23.4 Å². The topological polar surface area (TPSA) is 49.8 Å². The van der Waals surface area contributed by atoms with Crippen LogP contribution in [0.2, 0.25) is 0 Å². The molecule has 0 bridgehead atoms. The van der Waals surface area contributed by atoms with E-state index < -0.39 is 17.5 Å². The van der Waals surface area contributed by atoms with Crippen molar-refractivity contribution in [1.82, 2.24) is 4.90 Å². The van der Waals surface area contributed by atoms with E-state index in [0.717, 1.165) is 6.07 Å². The molecule has 0 radical (unpaired) electrons. The van der Waals surface area contributed by atoms with Crippen molar-refractivity contribution in [2.24, 2.45) is 0 Å². The molecule has 0 saturated carbocycles. The van der Waals surface area contributed by atoms with E-state index in [-0.39, 0.29) is 30.4 Å². The molecule has 1 heterocycles. The number of hydrogen-bond donors (Lipinski definition) is 1. The summed E-state index contributed by atoms with van der Waals surface area (Å²) in [4.78, 5) is 13.8. The van der Waals surface area contributed by atoms with Crippen LogP contribution in [-0.2, 0) is 4.74 Å². The third-order valence-electron chi connectivity index (χ3n) is 3.65. The first kappa shape index (κ1) is 15.9. The minimum atomic E-state index is -0.832. The maximum absolute atomic E-state index is 13.7. The molecule has 1 N–H and O–H groups in total. The lowest BCUT2D eigenvalue weighted by Gasteiger charge is -2.32. The predicted octanol–water partition coefficient (Wildman–Crippen LogP) is 1.89. The molecule has 1 aliphatic heterocycles. The van der Waals surface area contributed by atoms with E-state index in [0.29, 0.717) is 25.9 Å². The molecule has 1 saturated heterocycles. The number of aliphatic hydroxyl groups excluding tert-OH is 1. The smallest absolute Gasteiger partial charge is 0.256 e. The molecule has 0 aliphatic carbocycles. The Hall–Kier alpha value is -1.53. The van der Waals surface area contributed by atoms with E-state index in [1.54, 1.807) is 4.90 Å². The summed E-state index contributed by atoms with van der Waals surface area (Å²) in [5, 5.41) is 8.70. The molecule has 116 valence electrons. The third-order valence-corrected chi connectivity index (χ3v) is 3.65. The molecule has 1 aliphatic rings. The van der Waals surface area contributed by atoms with Gasteiger partial charge in [0.05, 0.1) is 24.9 Å². The summed E-state index contributed by atoms with van der Waals surface area (Å²) < 4.78 is 32.4. The Kier molecular flexibility index (Phi) is 5.25. The fraction of sp³-hybridized carbons (Fsp3) is 0.533. The van der Waals surface area contributed by atoms with Gasteiger partial charge in [-0.25, -0.2) is 8.78 Å². The van der Waals surface area contributed by atoms with E-state index >= 15 is 0 Å². The highest BCUT2D eigenvalue weighted by Gasteiger charge is 2.26. The molecule has 1 aromatic carbocycles. The molecule has 0 unspecified atom stereocenters. The molecular formula is C15H19F2NO3. The van der Waals surface area contributed by atoms with Crippen molar-refractivity contribution in [2.45, 2.75) is 25.9 Å². The Labute approximate surface area is 122 Å². The standard InChI is InChI=1S/C15H19F2NO3/c1-10-8-12(14(17)9-13(10)16)15(20)18-4-2-11(3-5-18)21-7-6-19/h8-9,11,19H,2-7H2,1H3. The van der Waals surface area contributed by atoms with E-state index in [1.165, 1.54) is 13.0 Å². The number of aryl methyl sites for hydroxylation is 1. The Morgan fingerprint density at radius 1 is 1.33 bits per heavy atom. The summed E-state index contributed by atoms with van der Waals surface area (Å²) in [7, 11) is 0. The summed E-state index contributed by atoms with van der Waals surface area (Å²) in [6, 6.07) is 2.00. The van der Waals surface area contributed by atoms with Gasteiger partial charge in [-0.15, -0.1) is 0 Å². The van der Waals surface area contributed by atoms with Gasteiger partial charge in [0.15, 0.2) is 0 Å². The molecule has 4 nitrogen and oxygen atoms in total. The maximum Gasteiger partial charge on any atom is 0.256 e. The van der Waals surface area contributed by atoms with Crippen LogP contribution in [0.15, 0.2) is 12.1 Å². The SMILES string of the molecule is Cc1cc(C(=O)N2CCC(OCCO)CC2)c(F)cc1F. The van der Waals surface area contributed by atoms with Gasteiger partial charge in [-0.2, -0.15) is 0 Å². The van der Waals surface area contributed by atoms with Crippen LogP contribution in [0.1, 0.15) is 28.8 Å². The third kappa shape index (κ3) is 3.77. The molecule has 0 aromatic heterocycles. The second-order valence-electron chi connectivity index (χ2n) is 5.17. The minimum absolute atomic E-state index is 0.0148. The quantitative estimate of drug-likeness (QED) is 0.923. The van der Waals surface area contributed by atoms with Crippen LogP contribution in [0.5, 0.6) is 0 Å². The highest BCUT2D eigenvalue weighted by atomic mass is 19.1. The number of benzene rings is 1. The van der Waals surface area contributed by atoms with Gasteiger partial charge >= 0.3 is 0 Å². The summed E-state index contributed by atoms with van der Waals surface area (Å²) in [5.41, 5.74) is 0.157. The highest BCUT2D eigenvalue weighted by molar-refractivity contribution is 5.94. The fourth-order valence-electron chi connectivity index (χ4n) is 2.44. The monoisotopic (exact) mass is 299 g/mol. The fourth-order valence-corrected chi connectivity index (χ4v) is 2.44.